The Kier molecular flexibility index (Phi) is 3.30. The number of ether oxygens (including phenoxy) is 1. The lowest BCUT2D eigenvalue weighted by Gasteiger charge is -2.18. The first-order chi connectivity index (χ1) is 9.63. The second kappa shape index (κ2) is 4.98. The standard InChI is InChI=1S/C12H15N3O5/c16-4-7-9(17)10(18)12(20-7)15-5-14-8-6(15)2-1-3-13-11(8)19/h1,3,5,7,9-10,12,16-18H,2,4H2,(H,13,19)/t7-,9-,10-,12-/m1/s1. The van der Waals surface area contributed by atoms with Gasteiger partial charge in [-0.1, -0.05) is 6.08 Å². The number of carbonyl (C=O) groups excluding carboxylic acids is 1. The van der Waals surface area contributed by atoms with Crippen LogP contribution in [0, 0.1) is 0 Å². The molecule has 0 radical (unpaired) electrons. The molecule has 0 aromatic carbocycles. The van der Waals surface area contributed by atoms with E-state index in [2.05, 4.69) is 10.3 Å². The summed E-state index contributed by atoms with van der Waals surface area (Å²) in [5.74, 6) is -0.334. The molecule has 20 heavy (non-hydrogen) atoms. The van der Waals surface area contributed by atoms with Crippen molar-refractivity contribution in [1.29, 1.82) is 0 Å². The lowest BCUT2D eigenvalue weighted by Crippen LogP contribution is -2.33. The first-order valence-electron chi connectivity index (χ1n) is 6.27. The molecule has 8 heteroatoms. The van der Waals surface area contributed by atoms with E-state index >= 15 is 0 Å². The summed E-state index contributed by atoms with van der Waals surface area (Å²) in [6.45, 7) is -0.397. The number of imidazole rings is 1. The first kappa shape index (κ1) is 13.3. The molecule has 8 nitrogen and oxygen atoms in total. The van der Waals surface area contributed by atoms with Crippen molar-refractivity contribution in [3.05, 3.63) is 30.0 Å². The van der Waals surface area contributed by atoms with Crippen LogP contribution in [0.1, 0.15) is 22.4 Å². The van der Waals surface area contributed by atoms with Gasteiger partial charge in [-0.15, -0.1) is 0 Å². The zero-order valence-electron chi connectivity index (χ0n) is 10.5. The normalized spacial score (nSPS) is 32.9. The van der Waals surface area contributed by atoms with Crippen LogP contribution in [0.5, 0.6) is 0 Å². The van der Waals surface area contributed by atoms with Gasteiger partial charge in [0.25, 0.3) is 5.91 Å². The fourth-order valence-corrected chi connectivity index (χ4v) is 2.48. The smallest absolute Gasteiger partial charge is 0.275 e. The zero-order chi connectivity index (χ0) is 14.3. The summed E-state index contributed by atoms with van der Waals surface area (Å²) in [6, 6.07) is 0. The Hall–Kier alpha value is -1.74. The number of fused-ring (bicyclic) bond motifs is 1. The van der Waals surface area contributed by atoms with Gasteiger partial charge >= 0.3 is 0 Å². The van der Waals surface area contributed by atoms with Crippen molar-refractivity contribution in [2.75, 3.05) is 6.61 Å². The topological polar surface area (TPSA) is 117 Å². The van der Waals surface area contributed by atoms with Crippen LogP contribution in [0.4, 0.5) is 0 Å². The minimum absolute atomic E-state index is 0.257. The number of aliphatic hydroxyl groups is 3. The number of nitrogens with one attached hydrogen (secondary N) is 1. The Morgan fingerprint density at radius 2 is 2.25 bits per heavy atom. The molecule has 0 bridgehead atoms. The van der Waals surface area contributed by atoms with Gasteiger partial charge in [-0.05, 0) is 0 Å². The fourth-order valence-electron chi connectivity index (χ4n) is 2.48. The molecule has 4 atom stereocenters. The van der Waals surface area contributed by atoms with Crippen LogP contribution >= 0.6 is 0 Å². The van der Waals surface area contributed by atoms with Crippen molar-refractivity contribution in [2.24, 2.45) is 0 Å². The van der Waals surface area contributed by atoms with Gasteiger partial charge in [0, 0.05) is 12.6 Å². The Morgan fingerprint density at radius 1 is 1.45 bits per heavy atom. The summed E-state index contributed by atoms with van der Waals surface area (Å²) in [6.07, 6.45) is 1.01. The van der Waals surface area contributed by atoms with Crippen LogP contribution in [0.2, 0.25) is 0 Å². The minimum Gasteiger partial charge on any atom is -0.394 e. The SMILES string of the molecule is O=C1NC=CCc2c1ncn2[C@@H]1O[C@H](CO)[C@@H](O)[C@H]1O. The summed E-state index contributed by atoms with van der Waals surface area (Å²) in [7, 11) is 0. The summed E-state index contributed by atoms with van der Waals surface area (Å²) in [4.78, 5) is 15.8. The highest BCUT2D eigenvalue weighted by atomic mass is 16.6. The first-order valence-corrected chi connectivity index (χ1v) is 6.27. The Balaban J connectivity index is 1.96. The molecular weight excluding hydrogens is 266 g/mol. The number of hydrogen-bond donors (Lipinski definition) is 4. The third-order valence-electron chi connectivity index (χ3n) is 3.55. The average molecular weight is 281 g/mol. The molecule has 0 saturated carbocycles. The number of aliphatic hydroxyl groups excluding tert-OH is 3. The van der Waals surface area contributed by atoms with E-state index in [9.17, 15) is 15.0 Å². The van der Waals surface area contributed by atoms with Crippen molar-refractivity contribution in [2.45, 2.75) is 31.0 Å². The van der Waals surface area contributed by atoms with Crippen LogP contribution in [-0.4, -0.2) is 55.7 Å². The molecule has 2 aliphatic rings. The second-order valence-electron chi connectivity index (χ2n) is 4.76. The van der Waals surface area contributed by atoms with Gasteiger partial charge in [-0.25, -0.2) is 4.98 Å². The summed E-state index contributed by atoms with van der Waals surface area (Å²) >= 11 is 0. The van der Waals surface area contributed by atoms with E-state index in [0.717, 1.165) is 0 Å². The quantitative estimate of drug-likeness (QED) is 0.513. The molecule has 1 aromatic rings. The number of allylic oxidation sites excluding steroid dienone is 1. The molecule has 0 unspecified atom stereocenters. The minimum atomic E-state index is -1.19. The number of rotatable bonds is 2. The predicted octanol–water partition coefficient (Wildman–Crippen LogP) is -1.71. The molecule has 0 aliphatic carbocycles. The predicted molar refractivity (Wildman–Crippen MR) is 65.5 cm³/mol. The second-order valence-corrected chi connectivity index (χ2v) is 4.76. The molecule has 3 rings (SSSR count). The van der Waals surface area contributed by atoms with Crippen LogP contribution in [-0.2, 0) is 11.2 Å². The van der Waals surface area contributed by atoms with Gasteiger partial charge < -0.3 is 29.9 Å². The lowest BCUT2D eigenvalue weighted by molar-refractivity contribution is -0.0538. The van der Waals surface area contributed by atoms with Crippen LogP contribution in [0.3, 0.4) is 0 Å². The molecular formula is C12H15N3O5. The van der Waals surface area contributed by atoms with Gasteiger partial charge in [0.15, 0.2) is 6.23 Å². The maximum Gasteiger partial charge on any atom is 0.275 e. The van der Waals surface area contributed by atoms with Crippen LogP contribution in [0.15, 0.2) is 18.6 Å². The van der Waals surface area contributed by atoms with Gasteiger partial charge in [-0.2, -0.15) is 0 Å². The van der Waals surface area contributed by atoms with Crippen LogP contribution < -0.4 is 5.32 Å². The monoisotopic (exact) mass is 281 g/mol. The third kappa shape index (κ3) is 1.93. The van der Waals surface area contributed by atoms with E-state index < -0.39 is 31.1 Å². The number of hydrogen-bond acceptors (Lipinski definition) is 6. The van der Waals surface area contributed by atoms with E-state index in [1.165, 1.54) is 17.1 Å². The van der Waals surface area contributed by atoms with E-state index in [-0.39, 0.29) is 11.6 Å². The number of carbonyl (C=O) groups is 1. The fraction of sp³-hybridized carbons (Fsp3) is 0.500. The Morgan fingerprint density at radius 3 is 2.95 bits per heavy atom. The molecule has 1 amide bonds. The largest absolute Gasteiger partial charge is 0.394 e. The van der Waals surface area contributed by atoms with E-state index in [4.69, 9.17) is 9.84 Å². The van der Waals surface area contributed by atoms with Gasteiger partial charge in [0.05, 0.1) is 18.6 Å². The van der Waals surface area contributed by atoms with Crippen molar-refractivity contribution in [1.82, 2.24) is 14.9 Å². The molecule has 3 heterocycles. The van der Waals surface area contributed by atoms with E-state index in [1.807, 2.05) is 0 Å². The molecule has 1 saturated heterocycles. The number of amides is 1. The third-order valence-corrected chi connectivity index (χ3v) is 3.55. The highest BCUT2D eigenvalue weighted by molar-refractivity contribution is 5.94. The highest BCUT2D eigenvalue weighted by Gasteiger charge is 2.44. The average Bonchev–Trinajstić information content (AvgIpc) is 2.92. The maximum absolute atomic E-state index is 11.8. The Bertz CT molecular complexity index is 555. The van der Waals surface area contributed by atoms with Crippen LogP contribution in [0.25, 0.3) is 0 Å². The molecule has 4 N–H and O–H groups in total. The Labute approximate surface area is 114 Å². The molecule has 1 fully saturated rings. The van der Waals surface area contributed by atoms with Gasteiger partial charge in [0.2, 0.25) is 0 Å². The summed E-state index contributed by atoms with van der Waals surface area (Å²) in [5.41, 5.74) is 0.846. The zero-order valence-corrected chi connectivity index (χ0v) is 10.5. The van der Waals surface area contributed by atoms with Crippen molar-refractivity contribution in [3.63, 3.8) is 0 Å². The highest BCUT2D eigenvalue weighted by Crippen LogP contribution is 2.31. The number of aromatic nitrogens is 2. The summed E-state index contributed by atoms with van der Waals surface area (Å²) in [5, 5.41) is 31.4. The number of nitrogens with zero attached hydrogens (tertiary/aromatic N) is 2. The van der Waals surface area contributed by atoms with Crippen molar-refractivity contribution >= 4 is 5.91 Å². The van der Waals surface area contributed by atoms with E-state index in [1.54, 1.807) is 6.08 Å². The molecule has 108 valence electrons. The van der Waals surface area contributed by atoms with E-state index in [0.29, 0.717) is 12.1 Å². The van der Waals surface area contributed by atoms with Crippen molar-refractivity contribution in [3.8, 4) is 0 Å². The molecule has 0 spiro atoms. The molecule has 1 aromatic heterocycles. The maximum atomic E-state index is 11.8. The lowest BCUT2D eigenvalue weighted by atomic mass is 10.1. The summed E-state index contributed by atoms with van der Waals surface area (Å²) < 4.78 is 6.96. The van der Waals surface area contributed by atoms with Crippen molar-refractivity contribution < 1.29 is 24.9 Å². The van der Waals surface area contributed by atoms with Gasteiger partial charge in [-0.3, -0.25) is 4.79 Å². The molecule has 2 aliphatic heterocycles. The van der Waals surface area contributed by atoms with Gasteiger partial charge in [0.1, 0.15) is 24.0 Å².